The van der Waals surface area contributed by atoms with E-state index in [9.17, 15) is 5.48 Å². The SMILES string of the molecule is [2H]c1c2c3c(c([2H])c1N(c1ccccc1)c1ccccc1)N(c1ccccc1)c1ccccc1B3c1cc3c(cc1N2)N(c1c(C)cc(C)cc1C)c1cc(N(c2ccccc2)c2ccccc2)cc2c1B3c1cc3c(cc1N2c1c(C)cc(C)cc1C)N(c1c(C)cc(C)cc1C)c1c([2H])c(N(c2ccccc2)c2ccccc2)c([2H])c2c1B3c1ccccc1O2. The van der Waals surface area contributed by atoms with Crippen LogP contribution in [-0.4, -0.2) is 20.1 Å². The molecule has 12 heteroatoms. The van der Waals surface area contributed by atoms with Gasteiger partial charge < -0.3 is 44.4 Å². The van der Waals surface area contributed by atoms with Gasteiger partial charge in [-0.05, 0) is 284 Å². The minimum Gasteiger partial charge on any atom is -0.458 e. The monoisotopic (exact) mass is 1580 g/mol. The molecule has 9 nitrogen and oxygen atoms in total. The maximum Gasteiger partial charge on any atom is 0.256 e. The van der Waals surface area contributed by atoms with Crippen LogP contribution in [0.1, 0.15) is 55.6 Å². The summed E-state index contributed by atoms with van der Waals surface area (Å²) < 4.78 is 52.4. The number of anilines is 23. The molecule has 0 aromatic heterocycles. The smallest absolute Gasteiger partial charge is 0.256 e. The van der Waals surface area contributed by atoms with E-state index in [-0.39, 0.29) is 24.2 Å². The maximum absolute atomic E-state index is 11.5. The number of nitrogens with zero attached hydrogens (tertiary/aromatic N) is 7. The fourth-order valence-corrected chi connectivity index (χ4v) is 21.4. The highest BCUT2D eigenvalue weighted by molar-refractivity contribution is 7.04. The van der Waals surface area contributed by atoms with E-state index < -0.39 is 20.1 Å². The Morgan fingerprint density at radius 3 is 1.05 bits per heavy atom. The summed E-state index contributed by atoms with van der Waals surface area (Å²) in [5, 5.41) is 4.19. The molecule has 0 amide bonds. The van der Waals surface area contributed by atoms with E-state index in [2.05, 4.69) is 351 Å². The highest BCUT2D eigenvalue weighted by Gasteiger charge is 2.51. The largest absolute Gasteiger partial charge is 0.458 e. The molecule has 0 atom stereocenters. The van der Waals surface area contributed by atoms with Crippen molar-refractivity contribution in [2.24, 2.45) is 0 Å². The number of para-hydroxylation sites is 9. The van der Waals surface area contributed by atoms with Crippen molar-refractivity contribution in [3.63, 3.8) is 0 Å². The van der Waals surface area contributed by atoms with Gasteiger partial charge in [-0.15, -0.1) is 0 Å². The molecular weight excluding hydrogens is 1490 g/mol. The molecule has 0 aliphatic carbocycles. The van der Waals surface area contributed by atoms with Gasteiger partial charge in [0.2, 0.25) is 0 Å². The number of ether oxygens (including phenoxy) is 1. The standard InChI is InChI=1S/C111H87B3N8O/c1-69-53-72(4)109(73(5)54-69)120-97-67-94-90(112-88-49-31-33-51-96(88)119(84-47-29-16-30-48-84)100-60-85(59-95(115-94)106(100)112)116(78-35-17-10-18-36-78)79-37-19-11-20-38-79)65-91(97)114-93-66-92-98(68-99(93)121(110-74(6)55-70(2)56-75(110)7)102-62-86(61-101(120)107(102)114)117(80-39-21-12-22-40-80)81-41-23-13-24-42-81)122(111-76(8)57-71(3)58-77(111)9)103-63-87(64-105-108(103)113(92)89-50-32-34-52-104(89)123-105)118(82-43-25-14-26-44-82)83-45-27-15-28-46-83/h10-68,115H,1-9H3/i59D,60D,63D,64D. The summed E-state index contributed by atoms with van der Waals surface area (Å²) in [6.45, 7) is 18.5. The molecule has 6 heterocycles. The van der Waals surface area contributed by atoms with Crippen molar-refractivity contribution in [1.82, 2.24) is 0 Å². The predicted octanol–water partition coefficient (Wildman–Crippen LogP) is 23.7. The molecule has 23 rings (SSSR count). The minimum absolute atomic E-state index is 0.110. The second-order valence-corrected chi connectivity index (χ2v) is 33.9. The third-order valence-electron chi connectivity index (χ3n) is 25.8. The van der Waals surface area contributed by atoms with Crippen LogP contribution >= 0.6 is 0 Å². The maximum atomic E-state index is 11.5. The zero-order valence-electron chi connectivity index (χ0n) is 74.0. The highest BCUT2D eigenvalue weighted by Crippen LogP contribution is 2.55. The van der Waals surface area contributed by atoms with Crippen molar-refractivity contribution in [2.45, 2.75) is 62.3 Å². The molecule has 0 saturated carbocycles. The molecule has 0 spiro atoms. The van der Waals surface area contributed by atoms with Crippen LogP contribution in [0.4, 0.5) is 131 Å². The van der Waals surface area contributed by atoms with Crippen LogP contribution in [0, 0.1) is 62.3 Å². The summed E-state index contributed by atoms with van der Waals surface area (Å²) in [6.07, 6.45) is 0. The average molecular weight is 1590 g/mol. The molecule has 17 aromatic carbocycles. The van der Waals surface area contributed by atoms with E-state index in [4.69, 9.17) is 4.74 Å². The lowest BCUT2D eigenvalue weighted by Gasteiger charge is -2.48. The van der Waals surface area contributed by atoms with E-state index >= 15 is 0 Å². The molecule has 0 fully saturated rings. The molecule has 0 unspecified atom stereocenters. The summed E-state index contributed by atoms with van der Waals surface area (Å²) in [7, 11) is 0. The third kappa shape index (κ3) is 11.6. The average Bonchev–Trinajstić information content (AvgIpc) is 0.636. The van der Waals surface area contributed by atoms with Gasteiger partial charge in [0, 0.05) is 103 Å². The third-order valence-corrected chi connectivity index (χ3v) is 25.8. The van der Waals surface area contributed by atoms with Crippen LogP contribution in [-0.2, 0) is 0 Å². The number of benzene rings is 17. The topological polar surface area (TPSA) is 43.9 Å². The number of rotatable bonds is 13. The van der Waals surface area contributed by atoms with Crippen molar-refractivity contribution in [3.8, 4) is 11.5 Å². The zero-order valence-corrected chi connectivity index (χ0v) is 70.0. The number of nitrogens with one attached hydrogen (secondary N) is 1. The predicted molar refractivity (Wildman–Crippen MR) is 522 cm³/mol. The van der Waals surface area contributed by atoms with Gasteiger partial charge in [0.05, 0.1) is 39.6 Å². The summed E-state index contributed by atoms with van der Waals surface area (Å²) in [4.78, 5) is 16.4. The first kappa shape index (κ1) is 69.0. The lowest BCUT2D eigenvalue weighted by Crippen LogP contribution is -2.66. The Hall–Kier alpha value is -14.9. The van der Waals surface area contributed by atoms with Gasteiger partial charge in [-0.1, -0.05) is 229 Å². The highest BCUT2D eigenvalue weighted by atomic mass is 16.5. The van der Waals surface area contributed by atoms with Crippen molar-refractivity contribution >= 4 is 200 Å². The molecule has 17 aromatic rings. The molecule has 0 bridgehead atoms. The second-order valence-electron chi connectivity index (χ2n) is 33.9. The minimum atomic E-state index is -0.569. The van der Waals surface area contributed by atoms with Crippen molar-refractivity contribution in [1.29, 1.82) is 0 Å². The van der Waals surface area contributed by atoms with E-state index in [1.165, 1.54) is 0 Å². The summed E-state index contributed by atoms with van der Waals surface area (Å²) in [5.74, 6) is 1.05. The Kier molecular flexibility index (Phi) is 16.1. The Labute approximate surface area is 727 Å². The first-order chi connectivity index (χ1) is 62.0. The summed E-state index contributed by atoms with van der Waals surface area (Å²) in [5.41, 5.74) is 38.4. The summed E-state index contributed by atoms with van der Waals surface area (Å²) in [6, 6.07) is 119. The van der Waals surface area contributed by atoms with Crippen LogP contribution in [0.3, 0.4) is 0 Å². The molecule has 1 N–H and O–H groups in total. The number of fused-ring (bicyclic) bond motifs is 12. The Morgan fingerprint density at radius 1 is 0.244 bits per heavy atom. The van der Waals surface area contributed by atoms with E-state index in [0.717, 1.165) is 202 Å². The van der Waals surface area contributed by atoms with Crippen LogP contribution in [0.2, 0.25) is 0 Å². The van der Waals surface area contributed by atoms with Crippen molar-refractivity contribution in [3.05, 3.63) is 408 Å². The Bertz CT molecular complexity index is 7250. The van der Waals surface area contributed by atoms with Gasteiger partial charge in [-0.3, -0.25) is 0 Å². The lowest BCUT2D eigenvalue weighted by molar-refractivity contribution is 0.487. The van der Waals surface area contributed by atoms with Gasteiger partial charge in [0.15, 0.2) is 0 Å². The van der Waals surface area contributed by atoms with Gasteiger partial charge >= 0.3 is 0 Å². The van der Waals surface area contributed by atoms with E-state index in [1.807, 2.05) is 84.9 Å². The number of aryl methyl sites for hydroxylation is 9. The second kappa shape index (κ2) is 28.7. The van der Waals surface area contributed by atoms with Gasteiger partial charge in [0.25, 0.3) is 20.1 Å². The Morgan fingerprint density at radius 2 is 0.593 bits per heavy atom. The molecule has 0 radical (unpaired) electrons. The molecule has 6 aliphatic rings. The molecular formula is C111H87B3N8O. The Balaban J connectivity index is 0.880. The van der Waals surface area contributed by atoms with Crippen LogP contribution in [0.25, 0.3) is 0 Å². The molecule has 123 heavy (non-hydrogen) atoms. The fraction of sp³-hybridized carbons (Fsp3) is 0.0811. The quantitative estimate of drug-likeness (QED) is 0.114. The lowest BCUT2D eigenvalue weighted by atomic mass is 9.29. The van der Waals surface area contributed by atoms with Crippen molar-refractivity contribution < 1.29 is 10.2 Å². The molecule has 6 aliphatic heterocycles. The van der Waals surface area contributed by atoms with Gasteiger partial charge in [0.1, 0.15) is 11.5 Å². The first-order valence-electron chi connectivity index (χ1n) is 44.7. The van der Waals surface area contributed by atoms with Crippen LogP contribution < -0.4 is 93.5 Å². The van der Waals surface area contributed by atoms with Gasteiger partial charge in [-0.25, -0.2) is 0 Å². The van der Waals surface area contributed by atoms with Crippen LogP contribution in [0.15, 0.2) is 358 Å². The van der Waals surface area contributed by atoms with E-state index in [1.54, 1.807) is 0 Å². The number of hydrogen-bond acceptors (Lipinski definition) is 9. The number of hydrogen-bond donors (Lipinski definition) is 1. The summed E-state index contributed by atoms with van der Waals surface area (Å²) >= 11 is 0. The van der Waals surface area contributed by atoms with Gasteiger partial charge in [-0.2, -0.15) is 0 Å². The van der Waals surface area contributed by atoms with Crippen LogP contribution in [0.5, 0.6) is 11.5 Å². The normalized spacial score (nSPS) is 13.6. The molecule has 586 valence electrons. The van der Waals surface area contributed by atoms with Crippen molar-refractivity contribution in [2.75, 3.05) is 39.6 Å². The zero-order chi connectivity index (χ0) is 86.2. The fourth-order valence-electron chi connectivity index (χ4n) is 21.4. The first-order valence-corrected chi connectivity index (χ1v) is 42.7. The molecule has 0 saturated heterocycles. The van der Waals surface area contributed by atoms with E-state index in [0.29, 0.717) is 39.9 Å².